The summed E-state index contributed by atoms with van der Waals surface area (Å²) in [6, 6.07) is 13.4. The van der Waals surface area contributed by atoms with Crippen LogP contribution in [0.3, 0.4) is 0 Å². The molecule has 0 aromatic heterocycles. The number of carbonyl (C=O) groups is 1. The van der Waals surface area contributed by atoms with Crippen LogP contribution < -0.4 is 10.8 Å². The molecule has 0 bridgehead atoms. The molecular weight excluding hydrogens is 276 g/mol. The Hall–Kier alpha value is -1.82. The molecule has 102 valence electrons. The second kappa shape index (κ2) is 6.57. The van der Waals surface area contributed by atoms with E-state index in [-0.39, 0.29) is 11.4 Å². The highest BCUT2D eigenvalue weighted by Crippen LogP contribution is 2.14. The average Bonchev–Trinajstić information content (AvgIpc) is 2.46. The molecule has 0 unspecified atom stereocenters. The number of nitrogens with one attached hydrogen (secondary N) is 1. The molecule has 0 atom stereocenters. The van der Waals surface area contributed by atoms with Gasteiger partial charge in [0, 0.05) is 17.1 Å². The molecule has 0 heterocycles. The van der Waals surface area contributed by atoms with E-state index in [1.807, 2.05) is 18.2 Å². The highest BCUT2D eigenvalue weighted by Gasteiger charge is 2.13. The summed E-state index contributed by atoms with van der Waals surface area (Å²) in [5.41, 5.74) is 1.46. The summed E-state index contributed by atoms with van der Waals surface area (Å²) in [6.07, 6.45) is 0. The predicted molar refractivity (Wildman–Crippen MR) is 78.9 cm³/mol. The second-order valence-electron chi connectivity index (χ2n) is 4.27. The van der Waals surface area contributed by atoms with Gasteiger partial charge in [0.05, 0.1) is 0 Å². The maximum atomic E-state index is 12.0. The van der Waals surface area contributed by atoms with Crippen molar-refractivity contribution in [2.24, 2.45) is 0 Å². The first-order valence-electron chi connectivity index (χ1n) is 6.05. The van der Waals surface area contributed by atoms with E-state index in [2.05, 4.69) is 5.32 Å². The molecule has 2 aromatic carbocycles. The van der Waals surface area contributed by atoms with E-state index in [0.29, 0.717) is 17.1 Å². The molecule has 0 aliphatic heterocycles. The summed E-state index contributed by atoms with van der Waals surface area (Å²) in [7, 11) is -1.59. The van der Waals surface area contributed by atoms with Crippen molar-refractivity contribution in [1.29, 1.82) is 0 Å². The average molecular weight is 290 g/mol. The lowest BCUT2D eigenvalue weighted by Crippen LogP contribution is -2.31. The quantitative estimate of drug-likeness (QED) is 0.734. The maximum absolute atomic E-state index is 12.0. The zero-order valence-electron chi connectivity index (χ0n) is 10.6. The third kappa shape index (κ3) is 3.60. The van der Waals surface area contributed by atoms with E-state index in [1.54, 1.807) is 18.2 Å². The minimum Gasteiger partial charge on any atom is -0.423 e. The van der Waals surface area contributed by atoms with Gasteiger partial charge in [0.25, 0.3) is 5.91 Å². The zero-order chi connectivity index (χ0) is 14.5. The number of hydrogen-bond acceptors (Lipinski definition) is 3. The third-order valence-corrected chi connectivity index (χ3v) is 3.21. The van der Waals surface area contributed by atoms with E-state index < -0.39 is 7.12 Å². The Bertz CT molecular complexity index is 619. The largest absolute Gasteiger partial charge is 0.488 e. The topological polar surface area (TPSA) is 69.6 Å². The molecule has 1 amide bonds. The lowest BCUT2D eigenvalue weighted by atomic mass is 9.79. The highest BCUT2D eigenvalue weighted by atomic mass is 35.5. The van der Waals surface area contributed by atoms with Gasteiger partial charge in [-0.15, -0.1) is 0 Å². The molecule has 20 heavy (non-hydrogen) atoms. The molecule has 2 rings (SSSR count). The van der Waals surface area contributed by atoms with Gasteiger partial charge in [0.15, 0.2) is 0 Å². The van der Waals surface area contributed by atoms with Gasteiger partial charge in [-0.3, -0.25) is 4.79 Å². The SMILES string of the molecule is O=C(NCc1ccccc1Cl)c1cccc(B(O)O)c1. The van der Waals surface area contributed by atoms with Gasteiger partial charge < -0.3 is 15.4 Å². The van der Waals surface area contributed by atoms with Crippen molar-refractivity contribution in [2.45, 2.75) is 6.54 Å². The number of rotatable bonds is 4. The molecule has 0 radical (unpaired) electrons. The van der Waals surface area contributed by atoms with Gasteiger partial charge in [-0.1, -0.05) is 41.9 Å². The fourth-order valence-electron chi connectivity index (χ4n) is 1.76. The van der Waals surface area contributed by atoms with E-state index in [0.717, 1.165) is 5.56 Å². The molecule has 6 heteroatoms. The Morgan fingerprint density at radius 3 is 2.60 bits per heavy atom. The van der Waals surface area contributed by atoms with Crippen LogP contribution in [0.25, 0.3) is 0 Å². The van der Waals surface area contributed by atoms with Gasteiger partial charge in [-0.2, -0.15) is 0 Å². The maximum Gasteiger partial charge on any atom is 0.488 e. The highest BCUT2D eigenvalue weighted by molar-refractivity contribution is 6.58. The van der Waals surface area contributed by atoms with E-state index >= 15 is 0 Å². The number of halogens is 1. The second-order valence-corrected chi connectivity index (χ2v) is 4.68. The monoisotopic (exact) mass is 289 g/mol. The first-order valence-corrected chi connectivity index (χ1v) is 6.43. The molecule has 0 saturated carbocycles. The first kappa shape index (κ1) is 14.6. The van der Waals surface area contributed by atoms with Crippen LogP contribution in [0.5, 0.6) is 0 Å². The third-order valence-electron chi connectivity index (χ3n) is 2.84. The minimum absolute atomic E-state index is 0.274. The molecule has 0 spiro atoms. The van der Waals surface area contributed by atoms with Crippen LogP contribution in [0.15, 0.2) is 48.5 Å². The van der Waals surface area contributed by atoms with Crippen molar-refractivity contribution < 1.29 is 14.8 Å². The predicted octanol–water partition coefficient (Wildman–Crippen LogP) is 0.950. The van der Waals surface area contributed by atoms with Crippen LogP contribution in [0.2, 0.25) is 5.02 Å². The minimum atomic E-state index is -1.59. The molecule has 3 N–H and O–H groups in total. The fraction of sp³-hybridized carbons (Fsp3) is 0.0714. The van der Waals surface area contributed by atoms with Crippen molar-refractivity contribution in [3.8, 4) is 0 Å². The van der Waals surface area contributed by atoms with E-state index in [9.17, 15) is 4.79 Å². The molecule has 0 aliphatic carbocycles. The van der Waals surface area contributed by atoms with Gasteiger partial charge in [0.2, 0.25) is 0 Å². The smallest absolute Gasteiger partial charge is 0.423 e. The van der Waals surface area contributed by atoms with Crippen molar-refractivity contribution >= 4 is 30.1 Å². The number of benzene rings is 2. The summed E-state index contributed by atoms with van der Waals surface area (Å²) in [5, 5.41) is 21.5. The number of carbonyl (C=O) groups excluding carboxylic acids is 1. The Morgan fingerprint density at radius 2 is 1.90 bits per heavy atom. The van der Waals surface area contributed by atoms with Crippen LogP contribution in [0, 0.1) is 0 Å². The summed E-state index contributed by atoms with van der Waals surface area (Å²) in [4.78, 5) is 12.0. The van der Waals surface area contributed by atoms with Crippen LogP contribution in [-0.2, 0) is 6.54 Å². The molecule has 0 fully saturated rings. The summed E-state index contributed by atoms with van der Waals surface area (Å²) in [5.74, 6) is -0.299. The van der Waals surface area contributed by atoms with Crippen LogP contribution >= 0.6 is 11.6 Å². The zero-order valence-corrected chi connectivity index (χ0v) is 11.3. The number of hydrogen-bond donors (Lipinski definition) is 3. The Kier molecular flexibility index (Phi) is 4.79. The van der Waals surface area contributed by atoms with Crippen LogP contribution in [-0.4, -0.2) is 23.1 Å². The molecule has 0 saturated heterocycles. The Balaban J connectivity index is 2.05. The molecule has 4 nitrogen and oxygen atoms in total. The Morgan fingerprint density at radius 1 is 1.15 bits per heavy atom. The van der Waals surface area contributed by atoms with Crippen molar-refractivity contribution in [3.63, 3.8) is 0 Å². The summed E-state index contributed by atoms with van der Waals surface area (Å²) in [6.45, 7) is 0.310. The lowest BCUT2D eigenvalue weighted by Gasteiger charge is -2.08. The normalized spacial score (nSPS) is 10.2. The molecule has 2 aromatic rings. The van der Waals surface area contributed by atoms with Crippen molar-refractivity contribution in [1.82, 2.24) is 5.32 Å². The van der Waals surface area contributed by atoms with E-state index in [1.165, 1.54) is 12.1 Å². The molecule has 0 aliphatic rings. The Labute approximate surface area is 122 Å². The summed E-state index contributed by atoms with van der Waals surface area (Å²) >= 11 is 6.00. The van der Waals surface area contributed by atoms with Gasteiger partial charge in [0.1, 0.15) is 0 Å². The van der Waals surface area contributed by atoms with Crippen LogP contribution in [0.1, 0.15) is 15.9 Å². The lowest BCUT2D eigenvalue weighted by molar-refractivity contribution is 0.0951. The summed E-state index contributed by atoms with van der Waals surface area (Å²) < 4.78 is 0. The fourth-order valence-corrected chi connectivity index (χ4v) is 1.96. The van der Waals surface area contributed by atoms with Crippen molar-refractivity contribution in [2.75, 3.05) is 0 Å². The number of amides is 1. The first-order chi connectivity index (χ1) is 9.58. The van der Waals surface area contributed by atoms with Crippen LogP contribution in [0.4, 0.5) is 0 Å². The van der Waals surface area contributed by atoms with Crippen molar-refractivity contribution in [3.05, 3.63) is 64.7 Å². The van der Waals surface area contributed by atoms with E-state index in [4.69, 9.17) is 21.6 Å². The van der Waals surface area contributed by atoms with Gasteiger partial charge in [-0.05, 0) is 29.2 Å². The van der Waals surface area contributed by atoms with Gasteiger partial charge in [-0.25, -0.2) is 0 Å². The van der Waals surface area contributed by atoms with Gasteiger partial charge >= 0.3 is 7.12 Å². The molecular formula is C14H13BClNO3. The standard InChI is InChI=1S/C14H13BClNO3/c16-13-7-2-1-4-11(13)9-17-14(18)10-5-3-6-12(8-10)15(19)20/h1-8,19-20H,9H2,(H,17,18).